The Balaban J connectivity index is 2.88. The standard InChI is InChI=1S/C25H40N2O5/c1-6-32-16-15-26-24(30)22(25(3,4)5)17-23(29)21(19(2)27(31)18-28)14-10-13-20-11-8-7-9-12-20/h7-9,11-12,18-19,21-22,31H,6,10,13-17H2,1-5H3,(H,26,30)/t19-,21+,22+/m0/s1. The van der Waals surface area contributed by atoms with Crippen molar-refractivity contribution in [2.45, 2.75) is 66.3 Å². The van der Waals surface area contributed by atoms with Crippen LogP contribution in [-0.4, -0.2) is 54.2 Å². The molecule has 7 nitrogen and oxygen atoms in total. The van der Waals surface area contributed by atoms with E-state index in [1.807, 2.05) is 58.0 Å². The molecular weight excluding hydrogens is 408 g/mol. The average Bonchev–Trinajstić information content (AvgIpc) is 2.76. The second-order valence-electron chi connectivity index (χ2n) is 9.29. The molecule has 0 saturated carbocycles. The highest BCUT2D eigenvalue weighted by molar-refractivity contribution is 5.89. The van der Waals surface area contributed by atoms with Crippen LogP contribution < -0.4 is 5.32 Å². The Kier molecular flexibility index (Phi) is 12.2. The number of Topliss-reactive ketones (excluding diaryl/α,β-unsaturated/α-hetero) is 1. The molecule has 1 aromatic carbocycles. The third kappa shape index (κ3) is 9.49. The number of benzene rings is 1. The van der Waals surface area contributed by atoms with Crippen LogP contribution in [0.5, 0.6) is 0 Å². The van der Waals surface area contributed by atoms with Gasteiger partial charge in [-0.05, 0) is 44.1 Å². The number of carbonyl (C=O) groups is 3. The highest BCUT2D eigenvalue weighted by Gasteiger charge is 2.37. The van der Waals surface area contributed by atoms with Crippen molar-refractivity contribution in [3.8, 4) is 0 Å². The second kappa shape index (κ2) is 14.0. The topological polar surface area (TPSA) is 95.9 Å². The van der Waals surface area contributed by atoms with Gasteiger partial charge < -0.3 is 10.1 Å². The lowest BCUT2D eigenvalue weighted by molar-refractivity contribution is -0.166. The van der Waals surface area contributed by atoms with Crippen LogP contribution in [0.4, 0.5) is 0 Å². The Hall–Kier alpha value is -2.25. The maximum atomic E-state index is 13.3. The summed E-state index contributed by atoms with van der Waals surface area (Å²) in [6, 6.07) is 9.30. The molecule has 2 N–H and O–H groups in total. The van der Waals surface area contributed by atoms with Crippen molar-refractivity contribution in [1.82, 2.24) is 10.4 Å². The first-order valence-corrected chi connectivity index (χ1v) is 11.5. The molecule has 3 atom stereocenters. The van der Waals surface area contributed by atoms with Gasteiger partial charge in [0.15, 0.2) is 0 Å². The third-order valence-corrected chi connectivity index (χ3v) is 5.86. The molecule has 7 heteroatoms. The van der Waals surface area contributed by atoms with E-state index in [2.05, 4.69) is 5.32 Å². The fraction of sp³-hybridized carbons (Fsp3) is 0.640. The van der Waals surface area contributed by atoms with E-state index in [1.165, 1.54) is 5.56 Å². The van der Waals surface area contributed by atoms with Gasteiger partial charge in [-0.2, -0.15) is 0 Å². The fourth-order valence-electron chi connectivity index (χ4n) is 3.78. The summed E-state index contributed by atoms with van der Waals surface area (Å²) in [4.78, 5) is 37.3. The minimum absolute atomic E-state index is 0.0526. The van der Waals surface area contributed by atoms with Crippen LogP contribution in [0.3, 0.4) is 0 Å². The number of rotatable bonds is 15. The zero-order chi connectivity index (χ0) is 24.1. The molecule has 0 heterocycles. The zero-order valence-corrected chi connectivity index (χ0v) is 20.2. The first kappa shape index (κ1) is 27.8. The summed E-state index contributed by atoms with van der Waals surface area (Å²) in [6.07, 6.45) is 2.42. The van der Waals surface area contributed by atoms with E-state index in [4.69, 9.17) is 4.74 Å². The molecule has 180 valence electrons. The van der Waals surface area contributed by atoms with Crippen LogP contribution in [0.2, 0.25) is 0 Å². The molecule has 0 aliphatic carbocycles. The summed E-state index contributed by atoms with van der Waals surface area (Å²) in [7, 11) is 0. The number of hydrogen-bond acceptors (Lipinski definition) is 5. The zero-order valence-electron chi connectivity index (χ0n) is 20.2. The number of nitrogens with one attached hydrogen (secondary N) is 1. The molecule has 0 bridgehead atoms. The predicted molar refractivity (Wildman–Crippen MR) is 124 cm³/mol. The smallest absolute Gasteiger partial charge is 0.233 e. The van der Waals surface area contributed by atoms with Crippen LogP contribution in [0.15, 0.2) is 30.3 Å². The van der Waals surface area contributed by atoms with Crippen molar-refractivity contribution < 1.29 is 24.3 Å². The Labute approximate surface area is 192 Å². The molecule has 0 aliphatic rings. The monoisotopic (exact) mass is 448 g/mol. The number of ether oxygens (including phenoxy) is 1. The molecule has 0 unspecified atom stereocenters. The molecule has 1 aromatic rings. The number of aryl methyl sites for hydroxylation is 1. The summed E-state index contributed by atoms with van der Waals surface area (Å²) < 4.78 is 5.27. The SMILES string of the molecule is CCOCCNC(=O)[C@@H](CC(=O)[C@H](CCCc1ccccc1)[C@H](C)N(O)C=O)C(C)(C)C. The van der Waals surface area contributed by atoms with Gasteiger partial charge in [-0.25, -0.2) is 5.06 Å². The van der Waals surface area contributed by atoms with Gasteiger partial charge in [0.1, 0.15) is 5.78 Å². The van der Waals surface area contributed by atoms with E-state index in [0.717, 1.165) is 12.8 Å². The van der Waals surface area contributed by atoms with Gasteiger partial charge in [0.25, 0.3) is 0 Å². The second-order valence-corrected chi connectivity index (χ2v) is 9.29. The summed E-state index contributed by atoms with van der Waals surface area (Å²) in [5.74, 6) is -1.39. The third-order valence-electron chi connectivity index (χ3n) is 5.86. The van der Waals surface area contributed by atoms with Crippen molar-refractivity contribution in [2.75, 3.05) is 19.8 Å². The van der Waals surface area contributed by atoms with Gasteiger partial charge >= 0.3 is 0 Å². The van der Waals surface area contributed by atoms with E-state index < -0.39 is 23.3 Å². The molecule has 0 radical (unpaired) electrons. The molecule has 1 rings (SSSR count). The lowest BCUT2D eigenvalue weighted by Gasteiger charge is -2.32. The maximum Gasteiger partial charge on any atom is 0.233 e. The summed E-state index contributed by atoms with van der Waals surface area (Å²) in [5.41, 5.74) is 0.746. The number of amides is 2. The molecule has 32 heavy (non-hydrogen) atoms. The normalized spacial score (nSPS) is 14.3. The quantitative estimate of drug-likeness (QED) is 0.185. The summed E-state index contributed by atoms with van der Waals surface area (Å²) in [5, 5.41) is 13.4. The Morgan fingerprint density at radius 3 is 2.44 bits per heavy atom. The van der Waals surface area contributed by atoms with Gasteiger partial charge in [0, 0.05) is 31.4 Å². The molecule has 2 amide bonds. The Bertz CT molecular complexity index is 702. The number of ketones is 1. The first-order chi connectivity index (χ1) is 15.1. The average molecular weight is 449 g/mol. The molecule has 0 spiro atoms. The number of hydrogen-bond donors (Lipinski definition) is 2. The van der Waals surface area contributed by atoms with Crippen molar-refractivity contribution in [1.29, 1.82) is 0 Å². The predicted octanol–water partition coefficient (Wildman–Crippen LogP) is 3.64. The van der Waals surface area contributed by atoms with Crippen LogP contribution in [-0.2, 0) is 25.5 Å². The van der Waals surface area contributed by atoms with Gasteiger partial charge in [0.2, 0.25) is 12.3 Å². The van der Waals surface area contributed by atoms with Gasteiger partial charge in [-0.1, -0.05) is 51.1 Å². The summed E-state index contributed by atoms with van der Waals surface area (Å²) >= 11 is 0. The van der Waals surface area contributed by atoms with E-state index in [1.54, 1.807) is 6.92 Å². The first-order valence-electron chi connectivity index (χ1n) is 11.5. The minimum Gasteiger partial charge on any atom is -0.380 e. The van der Waals surface area contributed by atoms with Crippen LogP contribution in [0.25, 0.3) is 0 Å². The molecule has 0 aliphatic heterocycles. The van der Waals surface area contributed by atoms with Crippen molar-refractivity contribution in [3.63, 3.8) is 0 Å². The largest absolute Gasteiger partial charge is 0.380 e. The Morgan fingerprint density at radius 2 is 1.88 bits per heavy atom. The number of carbonyl (C=O) groups excluding carboxylic acids is 3. The van der Waals surface area contributed by atoms with Gasteiger partial charge in [-0.15, -0.1) is 0 Å². The molecule has 0 fully saturated rings. The van der Waals surface area contributed by atoms with Crippen molar-refractivity contribution in [2.24, 2.45) is 17.3 Å². The highest BCUT2D eigenvalue weighted by Crippen LogP contribution is 2.32. The van der Waals surface area contributed by atoms with Crippen molar-refractivity contribution in [3.05, 3.63) is 35.9 Å². The molecule has 0 aromatic heterocycles. The number of hydroxylamine groups is 2. The molecule has 0 saturated heterocycles. The molecular formula is C25H40N2O5. The highest BCUT2D eigenvalue weighted by atomic mass is 16.5. The van der Waals surface area contributed by atoms with Crippen LogP contribution >= 0.6 is 0 Å². The van der Waals surface area contributed by atoms with Crippen LogP contribution in [0.1, 0.15) is 59.4 Å². The summed E-state index contributed by atoms with van der Waals surface area (Å²) in [6.45, 7) is 10.7. The van der Waals surface area contributed by atoms with E-state index >= 15 is 0 Å². The fourth-order valence-corrected chi connectivity index (χ4v) is 3.78. The van der Waals surface area contributed by atoms with E-state index in [0.29, 0.717) is 37.7 Å². The lowest BCUT2D eigenvalue weighted by atomic mass is 9.74. The van der Waals surface area contributed by atoms with Crippen molar-refractivity contribution >= 4 is 18.1 Å². The van der Waals surface area contributed by atoms with Gasteiger partial charge in [0.05, 0.1) is 12.6 Å². The van der Waals surface area contributed by atoms with Crippen LogP contribution in [0, 0.1) is 17.3 Å². The maximum absolute atomic E-state index is 13.3. The van der Waals surface area contributed by atoms with E-state index in [-0.39, 0.29) is 18.1 Å². The number of nitrogens with zero attached hydrogens (tertiary/aromatic N) is 1. The lowest BCUT2D eigenvalue weighted by Crippen LogP contribution is -2.44. The van der Waals surface area contributed by atoms with E-state index in [9.17, 15) is 19.6 Å². The van der Waals surface area contributed by atoms with Gasteiger partial charge in [-0.3, -0.25) is 19.6 Å². The Morgan fingerprint density at radius 1 is 1.22 bits per heavy atom. The minimum atomic E-state index is -0.669.